The first-order valence-electron chi connectivity index (χ1n) is 6.30. The number of pyridine rings is 1. The summed E-state index contributed by atoms with van der Waals surface area (Å²) in [6, 6.07) is 5.31. The molecule has 0 aromatic carbocycles. The van der Waals surface area contributed by atoms with E-state index in [0.29, 0.717) is 5.82 Å². The quantitative estimate of drug-likeness (QED) is 0.858. The SMILES string of the molecule is C[C@@H](C(=O)NCc1cccnc1-n1cccn1)S(C)(=O)=O. The van der Waals surface area contributed by atoms with E-state index in [1.807, 2.05) is 0 Å². The summed E-state index contributed by atoms with van der Waals surface area (Å²) in [4.78, 5) is 16.1. The van der Waals surface area contributed by atoms with Gasteiger partial charge in [-0.2, -0.15) is 5.10 Å². The van der Waals surface area contributed by atoms with Gasteiger partial charge in [0.25, 0.3) is 0 Å². The number of sulfone groups is 1. The van der Waals surface area contributed by atoms with E-state index in [9.17, 15) is 13.2 Å². The molecule has 0 aliphatic heterocycles. The van der Waals surface area contributed by atoms with Gasteiger partial charge in [0.1, 0.15) is 5.25 Å². The molecule has 2 heterocycles. The van der Waals surface area contributed by atoms with Crippen molar-refractivity contribution < 1.29 is 13.2 Å². The van der Waals surface area contributed by atoms with Gasteiger partial charge in [0.05, 0.1) is 0 Å². The van der Waals surface area contributed by atoms with Gasteiger partial charge in [-0.15, -0.1) is 0 Å². The van der Waals surface area contributed by atoms with Crippen LogP contribution in [0.5, 0.6) is 0 Å². The summed E-state index contributed by atoms with van der Waals surface area (Å²) in [5, 5.41) is 5.62. The molecule has 0 unspecified atom stereocenters. The highest BCUT2D eigenvalue weighted by Crippen LogP contribution is 2.10. The first-order valence-corrected chi connectivity index (χ1v) is 8.25. The second-order valence-electron chi connectivity index (χ2n) is 4.63. The minimum Gasteiger partial charge on any atom is -0.351 e. The van der Waals surface area contributed by atoms with Crippen LogP contribution in [0, 0.1) is 0 Å². The van der Waals surface area contributed by atoms with Crippen molar-refractivity contribution in [2.75, 3.05) is 6.26 Å². The van der Waals surface area contributed by atoms with Crippen LogP contribution in [0.4, 0.5) is 0 Å². The summed E-state index contributed by atoms with van der Waals surface area (Å²) >= 11 is 0. The van der Waals surface area contributed by atoms with Crippen molar-refractivity contribution in [3.05, 3.63) is 42.4 Å². The predicted molar refractivity (Wildman–Crippen MR) is 77.5 cm³/mol. The number of carbonyl (C=O) groups is 1. The molecule has 1 atom stereocenters. The Balaban J connectivity index is 2.13. The first kappa shape index (κ1) is 15.2. The van der Waals surface area contributed by atoms with Crippen molar-refractivity contribution in [1.82, 2.24) is 20.1 Å². The molecule has 1 amide bonds. The molecular formula is C13H16N4O3S. The molecule has 0 aliphatic rings. The lowest BCUT2D eigenvalue weighted by molar-refractivity contribution is -0.120. The van der Waals surface area contributed by atoms with Crippen molar-refractivity contribution in [2.24, 2.45) is 0 Å². The standard InChI is InChI=1S/C13H16N4O3S/c1-10(21(2,19)20)13(18)15-9-11-5-3-6-14-12(11)17-8-4-7-16-17/h3-8,10H,9H2,1-2H3,(H,15,18)/t10-/m0/s1. The highest BCUT2D eigenvalue weighted by molar-refractivity contribution is 7.92. The molecule has 0 saturated heterocycles. The van der Waals surface area contributed by atoms with E-state index in [2.05, 4.69) is 15.4 Å². The molecule has 2 aromatic rings. The maximum Gasteiger partial charge on any atom is 0.238 e. The zero-order valence-electron chi connectivity index (χ0n) is 11.7. The van der Waals surface area contributed by atoms with Gasteiger partial charge in [0.2, 0.25) is 5.91 Å². The average molecular weight is 308 g/mol. The molecule has 0 spiro atoms. The number of hydrogen-bond acceptors (Lipinski definition) is 5. The molecule has 21 heavy (non-hydrogen) atoms. The molecule has 0 bridgehead atoms. The smallest absolute Gasteiger partial charge is 0.238 e. The van der Waals surface area contributed by atoms with Crippen LogP contribution >= 0.6 is 0 Å². The van der Waals surface area contributed by atoms with Crippen LogP contribution in [0.15, 0.2) is 36.8 Å². The maximum atomic E-state index is 11.8. The topological polar surface area (TPSA) is 93.9 Å². The van der Waals surface area contributed by atoms with Crippen LogP contribution in [0.2, 0.25) is 0 Å². The second-order valence-corrected chi connectivity index (χ2v) is 6.99. The summed E-state index contributed by atoms with van der Waals surface area (Å²) in [6.07, 6.45) is 6.04. The lowest BCUT2D eigenvalue weighted by atomic mass is 10.2. The molecule has 0 fully saturated rings. The third-order valence-electron chi connectivity index (χ3n) is 3.05. The molecule has 2 aromatic heterocycles. The van der Waals surface area contributed by atoms with Crippen molar-refractivity contribution >= 4 is 15.7 Å². The zero-order valence-corrected chi connectivity index (χ0v) is 12.5. The fourth-order valence-corrected chi connectivity index (χ4v) is 2.16. The van der Waals surface area contributed by atoms with Gasteiger partial charge >= 0.3 is 0 Å². The molecule has 0 aliphatic carbocycles. The minimum absolute atomic E-state index is 0.182. The monoisotopic (exact) mass is 308 g/mol. The summed E-state index contributed by atoms with van der Waals surface area (Å²) in [6.45, 7) is 1.55. The molecular weight excluding hydrogens is 292 g/mol. The Labute approximate surface area is 122 Å². The Kier molecular flexibility index (Phi) is 4.37. The lowest BCUT2D eigenvalue weighted by Gasteiger charge is -2.12. The van der Waals surface area contributed by atoms with Gasteiger partial charge in [0, 0.05) is 37.0 Å². The molecule has 1 N–H and O–H groups in total. The Hall–Kier alpha value is -2.22. The normalized spacial score (nSPS) is 12.9. The van der Waals surface area contributed by atoms with E-state index in [4.69, 9.17) is 0 Å². The fraction of sp³-hybridized carbons (Fsp3) is 0.308. The summed E-state index contributed by atoms with van der Waals surface area (Å²) in [7, 11) is -3.40. The van der Waals surface area contributed by atoms with Crippen molar-refractivity contribution in [3.63, 3.8) is 0 Å². The van der Waals surface area contributed by atoms with Crippen molar-refractivity contribution in [1.29, 1.82) is 0 Å². The highest BCUT2D eigenvalue weighted by atomic mass is 32.2. The maximum absolute atomic E-state index is 11.8. The Morgan fingerprint density at radius 3 is 2.76 bits per heavy atom. The molecule has 112 valence electrons. The average Bonchev–Trinajstić information content (AvgIpc) is 2.97. The van der Waals surface area contributed by atoms with E-state index in [1.54, 1.807) is 41.5 Å². The largest absolute Gasteiger partial charge is 0.351 e. The number of amides is 1. The number of carbonyl (C=O) groups excluding carboxylic acids is 1. The molecule has 0 radical (unpaired) electrons. The van der Waals surface area contributed by atoms with E-state index in [0.717, 1.165) is 11.8 Å². The Morgan fingerprint density at radius 2 is 2.14 bits per heavy atom. The number of rotatable bonds is 5. The highest BCUT2D eigenvalue weighted by Gasteiger charge is 2.23. The lowest BCUT2D eigenvalue weighted by Crippen LogP contribution is -2.37. The number of hydrogen-bond donors (Lipinski definition) is 1. The van der Waals surface area contributed by atoms with Crippen LogP contribution in [0.25, 0.3) is 5.82 Å². The van der Waals surface area contributed by atoms with Gasteiger partial charge < -0.3 is 5.32 Å². The van der Waals surface area contributed by atoms with Crippen LogP contribution in [-0.2, 0) is 21.2 Å². The van der Waals surface area contributed by atoms with Gasteiger partial charge in [-0.05, 0) is 19.1 Å². The van der Waals surface area contributed by atoms with Crippen LogP contribution < -0.4 is 5.32 Å². The molecule has 0 saturated carbocycles. The molecule has 8 heteroatoms. The fourth-order valence-electron chi connectivity index (χ4n) is 1.69. The second kappa shape index (κ2) is 6.04. The van der Waals surface area contributed by atoms with Crippen molar-refractivity contribution in [3.8, 4) is 5.82 Å². The minimum atomic E-state index is -3.40. The van der Waals surface area contributed by atoms with E-state index >= 15 is 0 Å². The number of aromatic nitrogens is 3. The van der Waals surface area contributed by atoms with Gasteiger partial charge in [-0.3, -0.25) is 4.79 Å². The molecule has 2 rings (SSSR count). The van der Waals surface area contributed by atoms with E-state index < -0.39 is 21.0 Å². The summed E-state index contributed by atoms with van der Waals surface area (Å²) < 4.78 is 24.3. The van der Waals surface area contributed by atoms with E-state index in [1.165, 1.54) is 6.92 Å². The van der Waals surface area contributed by atoms with Gasteiger partial charge in [0.15, 0.2) is 15.7 Å². The van der Waals surface area contributed by atoms with Crippen LogP contribution in [0.1, 0.15) is 12.5 Å². The molecule has 7 nitrogen and oxygen atoms in total. The Bertz CT molecular complexity index is 726. The summed E-state index contributed by atoms with van der Waals surface area (Å²) in [5.74, 6) is 0.0579. The van der Waals surface area contributed by atoms with Crippen molar-refractivity contribution in [2.45, 2.75) is 18.7 Å². The zero-order chi connectivity index (χ0) is 15.5. The Morgan fingerprint density at radius 1 is 1.38 bits per heavy atom. The third-order valence-corrected chi connectivity index (χ3v) is 4.55. The van der Waals surface area contributed by atoms with Gasteiger partial charge in [-0.1, -0.05) is 6.07 Å². The third kappa shape index (κ3) is 3.66. The van der Waals surface area contributed by atoms with Gasteiger partial charge in [-0.25, -0.2) is 18.1 Å². The first-order chi connectivity index (χ1) is 9.89. The van der Waals surface area contributed by atoms with Crippen LogP contribution in [0.3, 0.4) is 0 Å². The van der Waals surface area contributed by atoms with Crippen LogP contribution in [-0.4, -0.2) is 40.6 Å². The number of nitrogens with zero attached hydrogens (tertiary/aromatic N) is 3. The predicted octanol–water partition coefficient (Wildman–Crippen LogP) is 0.317. The number of nitrogens with one attached hydrogen (secondary N) is 1. The van der Waals surface area contributed by atoms with E-state index in [-0.39, 0.29) is 6.54 Å². The summed E-state index contributed by atoms with van der Waals surface area (Å²) in [5.41, 5.74) is 0.746.